The number of nitrogens with zero attached hydrogens (tertiary/aromatic N) is 2. The number of rotatable bonds is 1. The molecule has 0 amide bonds. The average molecular weight is 197 g/mol. The van der Waals surface area contributed by atoms with E-state index in [9.17, 15) is 4.39 Å². The smallest absolute Gasteiger partial charge is 0.159 e. The van der Waals surface area contributed by atoms with E-state index >= 15 is 0 Å². The highest BCUT2D eigenvalue weighted by molar-refractivity contribution is 4.97. The van der Waals surface area contributed by atoms with Gasteiger partial charge < -0.3 is 10.1 Å². The molecule has 4 nitrogen and oxygen atoms in total. The summed E-state index contributed by atoms with van der Waals surface area (Å²) in [5.74, 6) is 0.177. The number of hydrogen-bond acceptors (Lipinski definition) is 4. The maximum atomic E-state index is 12.6. The molecule has 1 atom stereocenters. The fourth-order valence-corrected chi connectivity index (χ4v) is 1.38. The lowest BCUT2D eigenvalue weighted by Gasteiger charge is -2.12. The predicted octanol–water partition coefficient (Wildman–Crippen LogP) is 0.667. The summed E-state index contributed by atoms with van der Waals surface area (Å²) in [6.45, 7) is 2.18. The van der Waals surface area contributed by atoms with Crippen LogP contribution in [0.25, 0.3) is 0 Å². The van der Waals surface area contributed by atoms with Crippen molar-refractivity contribution < 1.29 is 9.13 Å². The zero-order valence-corrected chi connectivity index (χ0v) is 7.74. The molecule has 0 saturated carbocycles. The van der Waals surface area contributed by atoms with Gasteiger partial charge in [-0.15, -0.1) is 0 Å². The Balaban J connectivity index is 2.08. The highest BCUT2D eigenvalue weighted by Gasteiger charge is 2.16. The SMILES string of the molecule is Fc1cnc(C2COCCCN2)nc1. The predicted molar refractivity (Wildman–Crippen MR) is 48.2 cm³/mol. The first kappa shape index (κ1) is 9.48. The molecule has 0 spiro atoms. The van der Waals surface area contributed by atoms with Crippen molar-refractivity contribution >= 4 is 0 Å². The minimum atomic E-state index is -0.414. The van der Waals surface area contributed by atoms with Crippen LogP contribution >= 0.6 is 0 Å². The monoisotopic (exact) mass is 197 g/mol. The average Bonchev–Trinajstić information content (AvgIpc) is 2.47. The molecule has 1 aromatic heterocycles. The second kappa shape index (κ2) is 4.43. The van der Waals surface area contributed by atoms with Gasteiger partial charge in [0.1, 0.15) is 5.82 Å². The van der Waals surface area contributed by atoms with Crippen LogP contribution in [0.4, 0.5) is 4.39 Å². The molecule has 1 aliphatic rings. The van der Waals surface area contributed by atoms with E-state index in [2.05, 4.69) is 15.3 Å². The Morgan fingerprint density at radius 2 is 2.21 bits per heavy atom. The van der Waals surface area contributed by atoms with Crippen molar-refractivity contribution in [1.29, 1.82) is 0 Å². The van der Waals surface area contributed by atoms with Crippen LogP contribution < -0.4 is 5.32 Å². The van der Waals surface area contributed by atoms with Crippen molar-refractivity contribution in [3.8, 4) is 0 Å². The summed E-state index contributed by atoms with van der Waals surface area (Å²) in [5, 5.41) is 3.24. The van der Waals surface area contributed by atoms with Gasteiger partial charge in [-0.05, 0) is 13.0 Å². The standard InChI is InChI=1S/C9H12FN3O/c10-7-4-12-9(13-5-7)8-6-14-3-1-2-11-8/h4-5,8,11H,1-3,6H2. The van der Waals surface area contributed by atoms with E-state index in [1.54, 1.807) is 0 Å². The molecule has 1 unspecified atom stereocenters. The second-order valence-corrected chi connectivity index (χ2v) is 3.19. The molecule has 0 aromatic carbocycles. The quantitative estimate of drug-likeness (QED) is 0.718. The Hall–Kier alpha value is -1.07. The number of nitrogens with one attached hydrogen (secondary N) is 1. The van der Waals surface area contributed by atoms with Gasteiger partial charge in [0.15, 0.2) is 5.82 Å². The van der Waals surface area contributed by atoms with Crippen LogP contribution in [0.3, 0.4) is 0 Å². The van der Waals surface area contributed by atoms with Crippen LogP contribution in [0.2, 0.25) is 0 Å². The Morgan fingerprint density at radius 1 is 1.43 bits per heavy atom. The molecule has 1 saturated heterocycles. The van der Waals surface area contributed by atoms with Gasteiger partial charge in [0.25, 0.3) is 0 Å². The molecule has 1 fully saturated rings. The van der Waals surface area contributed by atoms with Crippen LogP contribution in [0, 0.1) is 5.82 Å². The number of hydrogen-bond donors (Lipinski definition) is 1. The fourth-order valence-electron chi connectivity index (χ4n) is 1.38. The first-order valence-electron chi connectivity index (χ1n) is 4.65. The van der Waals surface area contributed by atoms with Crippen molar-refractivity contribution in [2.75, 3.05) is 19.8 Å². The zero-order valence-electron chi connectivity index (χ0n) is 7.74. The van der Waals surface area contributed by atoms with E-state index < -0.39 is 5.82 Å². The lowest BCUT2D eigenvalue weighted by atomic mass is 10.3. The Morgan fingerprint density at radius 3 is 3.00 bits per heavy atom. The van der Waals surface area contributed by atoms with Gasteiger partial charge in [-0.2, -0.15) is 0 Å². The first-order valence-corrected chi connectivity index (χ1v) is 4.65. The lowest BCUT2D eigenvalue weighted by molar-refractivity contribution is 0.129. The van der Waals surface area contributed by atoms with Gasteiger partial charge in [0.2, 0.25) is 0 Å². The molecule has 0 radical (unpaired) electrons. The van der Waals surface area contributed by atoms with Crippen molar-refractivity contribution in [3.05, 3.63) is 24.0 Å². The highest BCUT2D eigenvalue weighted by Crippen LogP contribution is 2.10. The Labute approximate surface area is 81.5 Å². The molecular weight excluding hydrogens is 185 g/mol. The summed E-state index contributed by atoms with van der Waals surface area (Å²) in [7, 11) is 0. The minimum Gasteiger partial charge on any atom is -0.379 e. The molecular formula is C9H12FN3O. The van der Waals surface area contributed by atoms with Crippen molar-refractivity contribution in [1.82, 2.24) is 15.3 Å². The highest BCUT2D eigenvalue weighted by atomic mass is 19.1. The second-order valence-electron chi connectivity index (χ2n) is 3.19. The van der Waals surface area contributed by atoms with Crippen LogP contribution in [0.5, 0.6) is 0 Å². The van der Waals surface area contributed by atoms with Gasteiger partial charge in [0, 0.05) is 6.61 Å². The third-order valence-corrected chi connectivity index (χ3v) is 2.09. The molecule has 1 N–H and O–H groups in total. The van der Waals surface area contributed by atoms with E-state index in [1.165, 1.54) is 12.4 Å². The summed E-state index contributed by atoms with van der Waals surface area (Å²) in [6, 6.07) is -0.0156. The number of ether oxygens (including phenoxy) is 1. The van der Waals surface area contributed by atoms with Gasteiger partial charge in [-0.25, -0.2) is 14.4 Å². The van der Waals surface area contributed by atoms with Crippen molar-refractivity contribution in [3.63, 3.8) is 0 Å². The lowest BCUT2D eigenvalue weighted by Crippen LogP contribution is -2.25. The maximum absolute atomic E-state index is 12.6. The van der Waals surface area contributed by atoms with Crippen LogP contribution in [-0.2, 0) is 4.74 Å². The topological polar surface area (TPSA) is 47.0 Å². The van der Waals surface area contributed by atoms with E-state index in [1.807, 2.05) is 0 Å². The zero-order chi connectivity index (χ0) is 9.80. The molecule has 5 heteroatoms. The summed E-state index contributed by atoms with van der Waals surface area (Å²) in [5.41, 5.74) is 0. The molecule has 1 aromatic rings. The maximum Gasteiger partial charge on any atom is 0.159 e. The molecule has 0 aliphatic carbocycles. The first-order chi connectivity index (χ1) is 6.86. The summed E-state index contributed by atoms with van der Waals surface area (Å²) >= 11 is 0. The minimum absolute atomic E-state index is 0.0156. The van der Waals surface area contributed by atoms with E-state index in [4.69, 9.17) is 4.74 Å². The molecule has 0 bridgehead atoms. The van der Waals surface area contributed by atoms with Gasteiger partial charge >= 0.3 is 0 Å². The fraction of sp³-hybridized carbons (Fsp3) is 0.556. The Kier molecular flexibility index (Phi) is 3.00. The molecule has 2 heterocycles. The largest absolute Gasteiger partial charge is 0.379 e. The normalized spacial score (nSPS) is 23.1. The van der Waals surface area contributed by atoms with E-state index in [-0.39, 0.29) is 6.04 Å². The third kappa shape index (κ3) is 2.24. The molecule has 1 aliphatic heterocycles. The molecule has 76 valence electrons. The summed E-state index contributed by atoms with van der Waals surface area (Å²) in [4.78, 5) is 7.83. The Bertz CT molecular complexity index is 283. The third-order valence-electron chi connectivity index (χ3n) is 2.09. The molecule has 14 heavy (non-hydrogen) atoms. The van der Waals surface area contributed by atoms with Crippen LogP contribution in [-0.4, -0.2) is 29.7 Å². The number of aromatic nitrogens is 2. The van der Waals surface area contributed by atoms with Crippen LogP contribution in [0.15, 0.2) is 12.4 Å². The summed E-state index contributed by atoms with van der Waals surface area (Å²) < 4.78 is 17.9. The van der Waals surface area contributed by atoms with E-state index in [0.29, 0.717) is 12.4 Å². The molecule has 2 rings (SSSR count). The van der Waals surface area contributed by atoms with Gasteiger partial charge in [0.05, 0.1) is 25.0 Å². The summed E-state index contributed by atoms with van der Waals surface area (Å²) in [6.07, 6.45) is 3.33. The number of halogens is 1. The van der Waals surface area contributed by atoms with E-state index in [0.717, 1.165) is 19.6 Å². The van der Waals surface area contributed by atoms with Crippen LogP contribution in [0.1, 0.15) is 18.3 Å². The van der Waals surface area contributed by atoms with Crippen molar-refractivity contribution in [2.45, 2.75) is 12.5 Å². The van der Waals surface area contributed by atoms with Gasteiger partial charge in [-0.3, -0.25) is 0 Å². The van der Waals surface area contributed by atoms with Crippen molar-refractivity contribution in [2.24, 2.45) is 0 Å². The van der Waals surface area contributed by atoms with Gasteiger partial charge in [-0.1, -0.05) is 0 Å².